The van der Waals surface area contributed by atoms with Crippen LogP contribution in [0.4, 0.5) is 0 Å². The van der Waals surface area contributed by atoms with Gasteiger partial charge in [0.15, 0.2) is 0 Å². The number of rotatable bonds is 12. The van der Waals surface area contributed by atoms with Crippen LogP contribution < -0.4 is 5.32 Å². The Kier molecular flexibility index (Phi) is 11.2. The van der Waals surface area contributed by atoms with Crippen molar-refractivity contribution in [1.82, 2.24) is 5.32 Å². The van der Waals surface area contributed by atoms with E-state index in [1.807, 2.05) is 27.7 Å². The second kappa shape index (κ2) is 11.6. The number of amides is 1. The molecule has 0 aliphatic carbocycles. The van der Waals surface area contributed by atoms with Crippen molar-refractivity contribution in [2.24, 2.45) is 11.8 Å². The van der Waals surface area contributed by atoms with Gasteiger partial charge in [0.25, 0.3) is 0 Å². The molecule has 0 bridgehead atoms. The van der Waals surface area contributed by atoms with Crippen LogP contribution in [0.15, 0.2) is 12.2 Å². The molecular weight excluding hydrogens is 322 g/mol. The van der Waals surface area contributed by atoms with Gasteiger partial charge in [0, 0.05) is 13.2 Å². The third kappa shape index (κ3) is 7.86. The zero-order valence-electron chi connectivity index (χ0n) is 16.5. The molecule has 0 aliphatic heterocycles. The molecule has 0 aromatic carbocycles. The Labute approximate surface area is 152 Å². The summed E-state index contributed by atoms with van der Waals surface area (Å²) in [5.74, 6) is -0.369. The van der Waals surface area contributed by atoms with Crippen molar-refractivity contribution < 1.29 is 24.9 Å². The van der Waals surface area contributed by atoms with E-state index in [0.29, 0.717) is 12.8 Å². The minimum atomic E-state index is -1.05. The largest absolute Gasteiger partial charge is 0.394 e. The SMILES string of the molecule is CCC(O)CC(C)C(O)C(C)(C=CC(=O)NC(CO)C(C)CC)OC. The van der Waals surface area contributed by atoms with Gasteiger partial charge in [-0.05, 0) is 37.7 Å². The molecular formula is C19H37NO5. The van der Waals surface area contributed by atoms with Crippen molar-refractivity contribution in [3.8, 4) is 0 Å². The van der Waals surface area contributed by atoms with Crippen molar-refractivity contribution in [2.45, 2.75) is 77.7 Å². The van der Waals surface area contributed by atoms with Gasteiger partial charge in [0.1, 0.15) is 5.60 Å². The summed E-state index contributed by atoms with van der Waals surface area (Å²) >= 11 is 0. The van der Waals surface area contributed by atoms with Crippen LogP contribution in [0.3, 0.4) is 0 Å². The van der Waals surface area contributed by atoms with E-state index in [9.17, 15) is 20.1 Å². The summed E-state index contributed by atoms with van der Waals surface area (Å²) in [5.41, 5.74) is -1.05. The number of hydrogen-bond donors (Lipinski definition) is 4. The monoisotopic (exact) mass is 359 g/mol. The molecule has 25 heavy (non-hydrogen) atoms. The lowest BCUT2D eigenvalue weighted by Gasteiger charge is -2.34. The Morgan fingerprint density at radius 3 is 2.24 bits per heavy atom. The standard InChI is InChI=1S/C19H37NO5/c1-7-13(3)16(12-21)20-17(23)9-10-19(5,25-6)18(24)14(4)11-15(22)8-2/h9-10,13-16,18,21-22,24H,7-8,11-12H2,1-6H3,(H,20,23). The van der Waals surface area contributed by atoms with E-state index in [1.165, 1.54) is 19.3 Å². The zero-order valence-corrected chi connectivity index (χ0v) is 16.5. The summed E-state index contributed by atoms with van der Waals surface area (Å²) in [4.78, 5) is 12.1. The minimum Gasteiger partial charge on any atom is -0.394 e. The normalized spacial score (nSPS) is 20.5. The van der Waals surface area contributed by atoms with Crippen molar-refractivity contribution in [3.63, 3.8) is 0 Å². The molecule has 0 aromatic heterocycles. The first kappa shape index (κ1) is 24.1. The van der Waals surface area contributed by atoms with Crippen molar-refractivity contribution in [1.29, 1.82) is 0 Å². The van der Waals surface area contributed by atoms with Crippen LogP contribution in [0.5, 0.6) is 0 Å². The predicted octanol–water partition coefficient (Wildman–Crippen LogP) is 1.63. The number of aliphatic hydroxyl groups is 3. The number of hydrogen-bond acceptors (Lipinski definition) is 5. The van der Waals surface area contributed by atoms with E-state index in [4.69, 9.17) is 4.74 Å². The van der Waals surface area contributed by atoms with Gasteiger partial charge < -0.3 is 25.4 Å². The average molecular weight is 360 g/mol. The summed E-state index contributed by atoms with van der Waals surface area (Å²) in [6.07, 6.45) is 3.45. The Hall–Kier alpha value is -0.950. The lowest BCUT2D eigenvalue weighted by atomic mass is 9.85. The van der Waals surface area contributed by atoms with Gasteiger partial charge in [0.05, 0.1) is 24.9 Å². The number of nitrogens with one attached hydrogen (secondary N) is 1. The van der Waals surface area contributed by atoms with Crippen LogP contribution in [0, 0.1) is 11.8 Å². The second-order valence-electron chi connectivity index (χ2n) is 7.12. The molecule has 4 N–H and O–H groups in total. The molecule has 0 spiro atoms. The maximum atomic E-state index is 12.1. The third-order valence-electron chi connectivity index (χ3n) is 5.10. The highest BCUT2D eigenvalue weighted by atomic mass is 16.5. The summed E-state index contributed by atoms with van der Waals surface area (Å²) in [6.45, 7) is 9.28. The Morgan fingerprint density at radius 1 is 1.20 bits per heavy atom. The van der Waals surface area contributed by atoms with Gasteiger partial charge in [-0.3, -0.25) is 4.79 Å². The van der Waals surface area contributed by atoms with Gasteiger partial charge in [-0.2, -0.15) is 0 Å². The molecule has 0 aromatic rings. The summed E-state index contributed by atoms with van der Waals surface area (Å²) in [5, 5.41) is 32.5. The topological polar surface area (TPSA) is 99.0 Å². The Morgan fingerprint density at radius 2 is 1.80 bits per heavy atom. The van der Waals surface area contributed by atoms with Gasteiger partial charge >= 0.3 is 0 Å². The molecule has 0 radical (unpaired) electrons. The summed E-state index contributed by atoms with van der Waals surface area (Å²) in [7, 11) is 1.48. The van der Waals surface area contributed by atoms with Gasteiger partial charge in [0.2, 0.25) is 5.91 Å². The first-order valence-corrected chi connectivity index (χ1v) is 9.16. The fourth-order valence-corrected chi connectivity index (χ4v) is 2.70. The molecule has 0 heterocycles. The summed E-state index contributed by atoms with van der Waals surface area (Å²) in [6, 6.07) is -0.306. The minimum absolute atomic E-state index is 0.120. The molecule has 0 fully saturated rings. The van der Waals surface area contributed by atoms with Crippen LogP contribution in [0.2, 0.25) is 0 Å². The van der Waals surface area contributed by atoms with E-state index >= 15 is 0 Å². The highest BCUT2D eigenvalue weighted by molar-refractivity contribution is 5.87. The highest BCUT2D eigenvalue weighted by Gasteiger charge is 2.35. The Balaban J connectivity index is 4.96. The lowest BCUT2D eigenvalue weighted by Crippen LogP contribution is -2.45. The van der Waals surface area contributed by atoms with Gasteiger partial charge in [-0.1, -0.05) is 34.1 Å². The fourth-order valence-electron chi connectivity index (χ4n) is 2.70. The molecule has 6 atom stereocenters. The first-order valence-electron chi connectivity index (χ1n) is 9.16. The van der Waals surface area contributed by atoms with E-state index in [1.54, 1.807) is 6.92 Å². The predicted molar refractivity (Wildman–Crippen MR) is 99.1 cm³/mol. The van der Waals surface area contributed by atoms with E-state index in [2.05, 4.69) is 5.32 Å². The number of carbonyl (C=O) groups excluding carboxylic acids is 1. The number of methoxy groups -OCH3 is 1. The average Bonchev–Trinajstić information content (AvgIpc) is 2.62. The molecule has 6 unspecified atom stereocenters. The highest BCUT2D eigenvalue weighted by Crippen LogP contribution is 2.26. The van der Waals surface area contributed by atoms with E-state index in [-0.39, 0.29) is 30.4 Å². The molecule has 0 saturated carbocycles. The van der Waals surface area contributed by atoms with E-state index < -0.39 is 17.8 Å². The fraction of sp³-hybridized carbons (Fsp3) is 0.842. The van der Waals surface area contributed by atoms with Crippen molar-refractivity contribution in [3.05, 3.63) is 12.2 Å². The molecule has 0 saturated heterocycles. The van der Waals surface area contributed by atoms with Gasteiger partial charge in [-0.25, -0.2) is 0 Å². The first-order chi connectivity index (χ1) is 11.6. The zero-order chi connectivity index (χ0) is 19.6. The third-order valence-corrected chi connectivity index (χ3v) is 5.10. The van der Waals surface area contributed by atoms with Crippen molar-refractivity contribution in [2.75, 3.05) is 13.7 Å². The molecule has 0 rings (SSSR count). The molecule has 6 heteroatoms. The number of carbonyl (C=O) groups is 1. The van der Waals surface area contributed by atoms with Crippen LogP contribution in [-0.2, 0) is 9.53 Å². The molecule has 0 aliphatic rings. The van der Waals surface area contributed by atoms with Crippen LogP contribution in [0.1, 0.15) is 53.9 Å². The number of ether oxygens (including phenoxy) is 1. The smallest absolute Gasteiger partial charge is 0.244 e. The lowest BCUT2D eigenvalue weighted by molar-refractivity contribution is -0.118. The summed E-state index contributed by atoms with van der Waals surface area (Å²) < 4.78 is 5.44. The maximum absolute atomic E-state index is 12.1. The molecule has 6 nitrogen and oxygen atoms in total. The van der Waals surface area contributed by atoms with Crippen LogP contribution in [0.25, 0.3) is 0 Å². The Bertz CT molecular complexity index is 415. The second-order valence-corrected chi connectivity index (χ2v) is 7.12. The van der Waals surface area contributed by atoms with Gasteiger partial charge in [-0.15, -0.1) is 0 Å². The van der Waals surface area contributed by atoms with E-state index in [0.717, 1.165) is 6.42 Å². The number of aliphatic hydroxyl groups excluding tert-OH is 3. The quantitative estimate of drug-likeness (QED) is 0.397. The maximum Gasteiger partial charge on any atom is 0.244 e. The van der Waals surface area contributed by atoms with Crippen LogP contribution in [-0.4, -0.2) is 58.8 Å². The van der Waals surface area contributed by atoms with Crippen molar-refractivity contribution >= 4 is 5.91 Å². The molecule has 1 amide bonds. The molecule has 148 valence electrons. The van der Waals surface area contributed by atoms with Crippen LogP contribution >= 0.6 is 0 Å².